The standard InChI is InChI=1S/C14H12INO3/c15-13-5-1-11(2-6-13)9-19-10-12-3-7-14(8-4-12)16(17)18/h1-8H,9-10H2. The minimum Gasteiger partial charge on any atom is -0.372 e. The second-order valence-electron chi connectivity index (χ2n) is 4.04. The van der Waals surface area contributed by atoms with E-state index in [-0.39, 0.29) is 5.69 Å². The summed E-state index contributed by atoms with van der Waals surface area (Å²) in [6, 6.07) is 14.5. The molecule has 2 rings (SSSR count). The lowest BCUT2D eigenvalue weighted by atomic mass is 10.2. The number of nitrogens with zero attached hydrogens (tertiary/aromatic N) is 1. The van der Waals surface area contributed by atoms with E-state index in [0.29, 0.717) is 13.2 Å². The van der Waals surface area contributed by atoms with Crippen LogP contribution in [0, 0.1) is 13.7 Å². The van der Waals surface area contributed by atoms with Crippen molar-refractivity contribution in [3.8, 4) is 0 Å². The maximum absolute atomic E-state index is 10.5. The molecule has 0 aromatic heterocycles. The molecule has 0 radical (unpaired) electrons. The fraction of sp³-hybridized carbons (Fsp3) is 0.143. The van der Waals surface area contributed by atoms with Crippen LogP contribution in [0.4, 0.5) is 5.69 Å². The molecule has 19 heavy (non-hydrogen) atoms. The summed E-state index contributed by atoms with van der Waals surface area (Å²) in [6.07, 6.45) is 0. The van der Waals surface area contributed by atoms with Gasteiger partial charge in [0, 0.05) is 15.7 Å². The predicted molar refractivity (Wildman–Crippen MR) is 80.7 cm³/mol. The van der Waals surface area contributed by atoms with E-state index < -0.39 is 4.92 Å². The Morgan fingerprint density at radius 2 is 1.42 bits per heavy atom. The summed E-state index contributed by atoms with van der Waals surface area (Å²) in [4.78, 5) is 10.1. The minimum absolute atomic E-state index is 0.0985. The quantitative estimate of drug-likeness (QED) is 0.456. The van der Waals surface area contributed by atoms with E-state index in [4.69, 9.17) is 4.74 Å². The highest BCUT2D eigenvalue weighted by molar-refractivity contribution is 14.1. The van der Waals surface area contributed by atoms with Gasteiger partial charge in [-0.15, -0.1) is 0 Å². The third-order valence-corrected chi connectivity index (χ3v) is 3.32. The third kappa shape index (κ3) is 4.29. The first-order valence-corrected chi connectivity index (χ1v) is 6.78. The van der Waals surface area contributed by atoms with Gasteiger partial charge in [0.05, 0.1) is 18.1 Å². The van der Waals surface area contributed by atoms with E-state index in [1.807, 2.05) is 24.3 Å². The van der Waals surface area contributed by atoms with Gasteiger partial charge in [0.1, 0.15) is 0 Å². The molecule has 2 aromatic rings. The van der Waals surface area contributed by atoms with Gasteiger partial charge in [0.25, 0.3) is 5.69 Å². The Morgan fingerprint density at radius 3 is 1.89 bits per heavy atom. The van der Waals surface area contributed by atoms with Crippen LogP contribution in [0.5, 0.6) is 0 Å². The van der Waals surface area contributed by atoms with Crippen LogP contribution in [-0.4, -0.2) is 4.92 Å². The summed E-state index contributed by atoms with van der Waals surface area (Å²) < 4.78 is 6.77. The Balaban J connectivity index is 1.85. The van der Waals surface area contributed by atoms with E-state index in [0.717, 1.165) is 11.1 Å². The molecule has 0 atom stereocenters. The molecule has 0 saturated heterocycles. The van der Waals surface area contributed by atoms with Crippen LogP contribution < -0.4 is 0 Å². The van der Waals surface area contributed by atoms with Crippen molar-refractivity contribution in [1.82, 2.24) is 0 Å². The van der Waals surface area contributed by atoms with E-state index in [9.17, 15) is 10.1 Å². The normalized spacial score (nSPS) is 10.4. The van der Waals surface area contributed by atoms with E-state index >= 15 is 0 Å². The van der Waals surface area contributed by atoms with E-state index in [1.54, 1.807) is 12.1 Å². The average Bonchev–Trinajstić information content (AvgIpc) is 2.41. The maximum Gasteiger partial charge on any atom is 0.269 e. The fourth-order valence-electron chi connectivity index (χ4n) is 1.58. The molecule has 98 valence electrons. The smallest absolute Gasteiger partial charge is 0.269 e. The summed E-state index contributed by atoms with van der Waals surface area (Å²) in [5, 5.41) is 10.5. The molecule has 0 spiro atoms. The number of nitro benzene ring substituents is 1. The summed E-state index contributed by atoms with van der Waals surface area (Å²) in [7, 11) is 0. The first-order valence-electron chi connectivity index (χ1n) is 5.70. The van der Waals surface area contributed by atoms with Crippen LogP contribution in [-0.2, 0) is 18.0 Å². The molecule has 0 aliphatic rings. The molecule has 0 bridgehead atoms. The summed E-state index contributed by atoms with van der Waals surface area (Å²) >= 11 is 2.26. The maximum atomic E-state index is 10.5. The van der Waals surface area contributed by atoms with Crippen molar-refractivity contribution >= 4 is 28.3 Å². The van der Waals surface area contributed by atoms with Crippen molar-refractivity contribution in [2.75, 3.05) is 0 Å². The van der Waals surface area contributed by atoms with Gasteiger partial charge in [-0.05, 0) is 58.0 Å². The zero-order valence-electron chi connectivity index (χ0n) is 10.1. The molecule has 0 fully saturated rings. The minimum atomic E-state index is -0.407. The number of hydrogen-bond donors (Lipinski definition) is 0. The number of ether oxygens (including phenoxy) is 1. The first-order chi connectivity index (χ1) is 9.15. The van der Waals surface area contributed by atoms with Crippen LogP contribution >= 0.6 is 22.6 Å². The van der Waals surface area contributed by atoms with Gasteiger partial charge >= 0.3 is 0 Å². The van der Waals surface area contributed by atoms with Gasteiger partial charge in [-0.1, -0.05) is 12.1 Å². The lowest BCUT2D eigenvalue weighted by molar-refractivity contribution is -0.384. The number of non-ortho nitro benzene ring substituents is 1. The zero-order valence-corrected chi connectivity index (χ0v) is 12.2. The van der Waals surface area contributed by atoms with Crippen LogP contribution in [0.25, 0.3) is 0 Å². The van der Waals surface area contributed by atoms with Gasteiger partial charge in [-0.3, -0.25) is 10.1 Å². The number of halogens is 1. The Hall–Kier alpha value is -1.47. The average molecular weight is 369 g/mol. The van der Waals surface area contributed by atoms with Crippen molar-refractivity contribution in [3.63, 3.8) is 0 Å². The Kier molecular flexibility index (Phi) is 4.86. The summed E-state index contributed by atoms with van der Waals surface area (Å²) in [6.45, 7) is 0.984. The lowest BCUT2D eigenvalue weighted by Gasteiger charge is -2.04. The van der Waals surface area contributed by atoms with Crippen molar-refractivity contribution in [3.05, 3.63) is 73.3 Å². The van der Waals surface area contributed by atoms with Gasteiger partial charge in [-0.2, -0.15) is 0 Å². The molecular formula is C14H12INO3. The van der Waals surface area contributed by atoms with E-state index in [2.05, 4.69) is 22.6 Å². The molecule has 0 heterocycles. The third-order valence-electron chi connectivity index (χ3n) is 2.60. The van der Waals surface area contributed by atoms with Crippen molar-refractivity contribution < 1.29 is 9.66 Å². The van der Waals surface area contributed by atoms with Crippen LogP contribution in [0.2, 0.25) is 0 Å². The highest BCUT2D eigenvalue weighted by Gasteiger charge is 2.03. The monoisotopic (exact) mass is 369 g/mol. The number of hydrogen-bond acceptors (Lipinski definition) is 3. The van der Waals surface area contributed by atoms with Crippen molar-refractivity contribution in [2.24, 2.45) is 0 Å². The predicted octanol–water partition coefficient (Wildman–Crippen LogP) is 3.92. The highest BCUT2D eigenvalue weighted by atomic mass is 127. The zero-order chi connectivity index (χ0) is 13.7. The molecule has 5 heteroatoms. The van der Waals surface area contributed by atoms with E-state index in [1.165, 1.54) is 15.7 Å². The largest absolute Gasteiger partial charge is 0.372 e. The molecule has 0 aliphatic carbocycles. The van der Waals surface area contributed by atoms with Crippen LogP contribution in [0.15, 0.2) is 48.5 Å². The molecule has 0 saturated carbocycles. The highest BCUT2D eigenvalue weighted by Crippen LogP contribution is 2.13. The van der Waals surface area contributed by atoms with Gasteiger partial charge in [0.15, 0.2) is 0 Å². The molecule has 0 amide bonds. The van der Waals surface area contributed by atoms with Crippen molar-refractivity contribution in [1.29, 1.82) is 0 Å². The SMILES string of the molecule is O=[N+]([O-])c1ccc(COCc2ccc(I)cc2)cc1. The van der Waals surface area contributed by atoms with Crippen LogP contribution in [0.1, 0.15) is 11.1 Å². The molecular weight excluding hydrogens is 357 g/mol. The molecule has 4 nitrogen and oxygen atoms in total. The number of nitro groups is 1. The van der Waals surface area contributed by atoms with Gasteiger partial charge < -0.3 is 4.74 Å². The Bertz CT molecular complexity index is 552. The molecule has 0 unspecified atom stereocenters. The number of benzene rings is 2. The van der Waals surface area contributed by atoms with Crippen LogP contribution in [0.3, 0.4) is 0 Å². The Labute approximate surface area is 124 Å². The molecule has 0 aliphatic heterocycles. The number of rotatable bonds is 5. The topological polar surface area (TPSA) is 52.4 Å². The summed E-state index contributed by atoms with van der Waals surface area (Å²) in [5.41, 5.74) is 2.14. The van der Waals surface area contributed by atoms with Gasteiger partial charge in [0.2, 0.25) is 0 Å². The molecule has 0 N–H and O–H groups in total. The fourth-order valence-corrected chi connectivity index (χ4v) is 1.94. The van der Waals surface area contributed by atoms with Crippen molar-refractivity contribution in [2.45, 2.75) is 13.2 Å². The second kappa shape index (κ2) is 6.63. The molecule has 2 aromatic carbocycles. The first kappa shape index (κ1) is 14.0. The Morgan fingerprint density at radius 1 is 0.947 bits per heavy atom. The summed E-state index contributed by atoms with van der Waals surface area (Å²) in [5.74, 6) is 0. The van der Waals surface area contributed by atoms with Gasteiger partial charge in [-0.25, -0.2) is 0 Å². The second-order valence-corrected chi connectivity index (χ2v) is 5.29. The lowest BCUT2D eigenvalue weighted by Crippen LogP contribution is -1.95.